The number of fused-ring (bicyclic) bond motifs is 1. The molecule has 8 nitrogen and oxygen atoms in total. The Hall–Kier alpha value is -3.42. The molecule has 152 valence electrons. The van der Waals surface area contributed by atoms with E-state index in [1.807, 2.05) is 24.3 Å². The standard InChI is InChI=1S/C21H24N4O4/c1-3-12-23-19(27)24(13-4-2)21(29)25(20(23)28)14-18(26)22-17-11-7-9-15-8-5-6-10-16(15)17/h3-6,8,10,17H,1-2,7,9,11-14H2,(H,22,26)/t17-/m0/s1. The number of aromatic nitrogens is 3. The van der Waals surface area contributed by atoms with Gasteiger partial charge in [-0.3, -0.25) is 4.79 Å². The molecule has 0 radical (unpaired) electrons. The van der Waals surface area contributed by atoms with Gasteiger partial charge in [-0.15, -0.1) is 13.2 Å². The quantitative estimate of drug-likeness (QED) is 0.699. The minimum atomic E-state index is -0.834. The molecule has 0 bridgehead atoms. The average molecular weight is 396 g/mol. The molecule has 1 N–H and O–H groups in total. The van der Waals surface area contributed by atoms with Crippen LogP contribution in [0.4, 0.5) is 0 Å². The third kappa shape index (κ3) is 4.06. The van der Waals surface area contributed by atoms with E-state index in [9.17, 15) is 19.2 Å². The van der Waals surface area contributed by atoms with E-state index in [0.29, 0.717) is 0 Å². The van der Waals surface area contributed by atoms with E-state index in [0.717, 1.165) is 38.5 Å². The van der Waals surface area contributed by atoms with Gasteiger partial charge in [-0.05, 0) is 30.4 Å². The number of aryl methyl sites for hydroxylation is 1. The molecule has 1 aliphatic rings. The zero-order valence-corrected chi connectivity index (χ0v) is 16.2. The third-order valence-electron chi connectivity index (χ3n) is 5.02. The van der Waals surface area contributed by atoms with Crippen LogP contribution in [0.5, 0.6) is 0 Å². The Morgan fingerprint density at radius 1 is 1.00 bits per heavy atom. The summed E-state index contributed by atoms with van der Waals surface area (Å²) in [6.07, 6.45) is 5.46. The van der Waals surface area contributed by atoms with Gasteiger partial charge in [0.2, 0.25) is 5.91 Å². The van der Waals surface area contributed by atoms with Crippen molar-refractivity contribution in [3.05, 3.63) is 92.2 Å². The van der Waals surface area contributed by atoms with E-state index >= 15 is 0 Å². The zero-order chi connectivity index (χ0) is 21.0. The molecule has 8 heteroatoms. The van der Waals surface area contributed by atoms with Crippen LogP contribution in [0.1, 0.15) is 30.0 Å². The zero-order valence-electron chi connectivity index (χ0n) is 16.2. The van der Waals surface area contributed by atoms with Gasteiger partial charge >= 0.3 is 17.1 Å². The van der Waals surface area contributed by atoms with Crippen LogP contribution in [0, 0.1) is 0 Å². The van der Waals surface area contributed by atoms with Crippen LogP contribution in [-0.2, 0) is 30.8 Å². The summed E-state index contributed by atoms with van der Waals surface area (Å²) >= 11 is 0. The normalized spacial score (nSPS) is 15.4. The van der Waals surface area contributed by atoms with Gasteiger partial charge < -0.3 is 5.32 Å². The summed E-state index contributed by atoms with van der Waals surface area (Å²) in [6, 6.07) is 7.74. The minimum absolute atomic E-state index is 0.0628. The topological polar surface area (TPSA) is 95.1 Å². The lowest BCUT2D eigenvalue weighted by Crippen LogP contribution is -2.55. The SMILES string of the molecule is C=CCn1c(=O)n(CC=C)c(=O)n(CC(=O)N[C@H]2CCCc3ccccc32)c1=O. The first-order valence-corrected chi connectivity index (χ1v) is 9.51. The molecule has 0 fully saturated rings. The van der Waals surface area contributed by atoms with Gasteiger partial charge in [0.15, 0.2) is 0 Å². The smallest absolute Gasteiger partial charge is 0.337 e. The number of carbonyl (C=O) groups is 1. The molecule has 1 heterocycles. The average Bonchev–Trinajstić information content (AvgIpc) is 2.72. The van der Waals surface area contributed by atoms with Crippen molar-refractivity contribution in [2.45, 2.75) is 44.9 Å². The van der Waals surface area contributed by atoms with Crippen molar-refractivity contribution in [2.24, 2.45) is 0 Å². The van der Waals surface area contributed by atoms with Crippen LogP contribution in [0.15, 0.2) is 64.0 Å². The molecule has 29 heavy (non-hydrogen) atoms. The van der Waals surface area contributed by atoms with Crippen LogP contribution in [-0.4, -0.2) is 19.6 Å². The van der Waals surface area contributed by atoms with Crippen molar-refractivity contribution in [3.63, 3.8) is 0 Å². The Balaban J connectivity index is 1.92. The molecular weight excluding hydrogens is 372 g/mol. The van der Waals surface area contributed by atoms with Crippen LogP contribution in [0.3, 0.4) is 0 Å². The summed E-state index contributed by atoms with van der Waals surface area (Å²) in [5.41, 5.74) is -0.175. The molecule has 2 aromatic rings. The highest BCUT2D eigenvalue weighted by Gasteiger charge is 2.23. The molecule has 1 atom stereocenters. The highest BCUT2D eigenvalue weighted by molar-refractivity contribution is 5.76. The Labute approximate surface area is 167 Å². The Bertz CT molecular complexity index is 1070. The lowest BCUT2D eigenvalue weighted by atomic mass is 9.88. The lowest BCUT2D eigenvalue weighted by molar-refractivity contribution is -0.122. The second-order valence-corrected chi connectivity index (χ2v) is 6.94. The van der Waals surface area contributed by atoms with E-state index in [1.165, 1.54) is 17.7 Å². The molecule has 1 aromatic carbocycles. The van der Waals surface area contributed by atoms with Crippen LogP contribution in [0.2, 0.25) is 0 Å². The van der Waals surface area contributed by atoms with Gasteiger partial charge in [0.05, 0.1) is 19.1 Å². The molecule has 0 spiro atoms. The lowest BCUT2D eigenvalue weighted by Gasteiger charge is -2.26. The van der Waals surface area contributed by atoms with E-state index in [2.05, 4.69) is 18.5 Å². The number of rotatable bonds is 7. The molecule has 1 aromatic heterocycles. The first-order chi connectivity index (χ1) is 14.0. The van der Waals surface area contributed by atoms with Crippen molar-refractivity contribution in [3.8, 4) is 0 Å². The fraction of sp³-hybridized carbons (Fsp3) is 0.333. The maximum Gasteiger partial charge on any atom is 0.337 e. The maximum absolute atomic E-state index is 12.7. The minimum Gasteiger partial charge on any atom is -0.348 e. The number of nitrogens with zero attached hydrogens (tertiary/aromatic N) is 3. The predicted molar refractivity (Wildman–Crippen MR) is 110 cm³/mol. The predicted octanol–water partition coefficient (Wildman–Crippen LogP) is 0.737. The highest BCUT2D eigenvalue weighted by atomic mass is 16.2. The largest absolute Gasteiger partial charge is 0.348 e. The number of benzene rings is 1. The molecule has 0 unspecified atom stereocenters. The summed E-state index contributed by atoms with van der Waals surface area (Å²) in [5.74, 6) is -0.458. The van der Waals surface area contributed by atoms with Gasteiger partial charge in [0.25, 0.3) is 0 Å². The summed E-state index contributed by atoms with van der Waals surface area (Å²) in [5, 5.41) is 2.92. The fourth-order valence-electron chi connectivity index (χ4n) is 3.68. The second-order valence-electron chi connectivity index (χ2n) is 6.94. The van der Waals surface area contributed by atoms with Gasteiger partial charge in [-0.1, -0.05) is 36.4 Å². The van der Waals surface area contributed by atoms with Crippen LogP contribution >= 0.6 is 0 Å². The summed E-state index contributed by atoms with van der Waals surface area (Å²) < 4.78 is 2.53. The summed E-state index contributed by atoms with van der Waals surface area (Å²) in [4.78, 5) is 50.4. The molecule has 0 saturated carbocycles. The first kappa shape index (κ1) is 20.3. The van der Waals surface area contributed by atoms with E-state index in [-0.39, 0.29) is 19.1 Å². The molecular formula is C21H24N4O4. The summed E-state index contributed by atoms with van der Waals surface area (Å²) in [6.45, 7) is 6.47. The van der Waals surface area contributed by atoms with Gasteiger partial charge in [0.1, 0.15) is 6.54 Å². The Kier molecular flexibility index (Phi) is 6.11. The number of amides is 1. The van der Waals surface area contributed by atoms with E-state index in [4.69, 9.17) is 0 Å². The van der Waals surface area contributed by atoms with Gasteiger partial charge in [-0.25, -0.2) is 28.1 Å². The third-order valence-corrected chi connectivity index (χ3v) is 5.02. The Morgan fingerprint density at radius 3 is 2.21 bits per heavy atom. The molecule has 1 amide bonds. The number of allylic oxidation sites excluding steroid dienone is 2. The van der Waals surface area contributed by atoms with Gasteiger partial charge in [-0.2, -0.15) is 0 Å². The van der Waals surface area contributed by atoms with Crippen molar-refractivity contribution in [1.82, 2.24) is 19.0 Å². The first-order valence-electron chi connectivity index (χ1n) is 9.51. The number of carbonyl (C=O) groups excluding carboxylic acids is 1. The number of hydrogen-bond acceptors (Lipinski definition) is 4. The number of nitrogens with one attached hydrogen (secondary N) is 1. The molecule has 1 aliphatic carbocycles. The highest BCUT2D eigenvalue weighted by Crippen LogP contribution is 2.29. The number of hydrogen-bond donors (Lipinski definition) is 1. The Morgan fingerprint density at radius 2 is 1.59 bits per heavy atom. The molecule has 0 aliphatic heterocycles. The second kappa shape index (κ2) is 8.72. The van der Waals surface area contributed by atoms with Crippen molar-refractivity contribution in [2.75, 3.05) is 0 Å². The van der Waals surface area contributed by atoms with Crippen LogP contribution in [0.25, 0.3) is 0 Å². The van der Waals surface area contributed by atoms with Gasteiger partial charge in [0, 0.05) is 0 Å². The molecule has 3 rings (SSSR count). The van der Waals surface area contributed by atoms with Crippen LogP contribution < -0.4 is 22.4 Å². The molecule has 0 saturated heterocycles. The monoisotopic (exact) mass is 396 g/mol. The summed E-state index contributed by atoms with van der Waals surface area (Å²) in [7, 11) is 0. The van der Waals surface area contributed by atoms with Crippen molar-refractivity contribution in [1.29, 1.82) is 0 Å². The maximum atomic E-state index is 12.7. The van der Waals surface area contributed by atoms with Crippen molar-refractivity contribution < 1.29 is 4.79 Å². The van der Waals surface area contributed by atoms with E-state index < -0.39 is 29.5 Å². The van der Waals surface area contributed by atoms with Crippen molar-refractivity contribution >= 4 is 5.91 Å². The van der Waals surface area contributed by atoms with E-state index in [1.54, 1.807) is 0 Å². The fourth-order valence-corrected chi connectivity index (χ4v) is 3.68.